The molecule has 1 atom stereocenters. The molecule has 17 heavy (non-hydrogen) atoms. The first-order valence-electron chi connectivity index (χ1n) is 5.29. The number of hydrogen-bond donors (Lipinski definition) is 3. The van der Waals surface area contributed by atoms with Gasteiger partial charge in [0.1, 0.15) is 5.75 Å². The molecule has 5 N–H and O–H groups in total. The summed E-state index contributed by atoms with van der Waals surface area (Å²) in [6, 6.07) is 7.29. The Morgan fingerprint density at radius 3 is 2.94 bits per heavy atom. The molecule has 1 amide bonds. The van der Waals surface area contributed by atoms with Crippen LogP contribution in [0.3, 0.4) is 0 Å². The van der Waals surface area contributed by atoms with Crippen LogP contribution < -0.4 is 21.5 Å². The lowest BCUT2D eigenvalue weighted by Crippen LogP contribution is -2.37. The Balaban J connectivity index is 2.02. The lowest BCUT2D eigenvalue weighted by Gasteiger charge is -2.25. The molecule has 0 aromatic heterocycles. The third kappa shape index (κ3) is 2.66. The van der Waals surface area contributed by atoms with Crippen molar-refractivity contribution in [3.05, 3.63) is 24.3 Å². The first-order valence-corrected chi connectivity index (χ1v) is 5.29. The zero-order chi connectivity index (χ0) is 12.3. The summed E-state index contributed by atoms with van der Waals surface area (Å²) in [7, 11) is 0. The molecule has 1 unspecified atom stereocenters. The number of hydrogen-bond acceptors (Lipinski definition) is 3. The second-order valence-electron chi connectivity index (χ2n) is 3.69. The minimum atomic E-state index is -0.548. The molecule has 1 heterocycles. The highest BCUT2D eigenvalue weighted by molar-refractivity contribution is 5.97. The van der Waals surface area contributed by atoms with Crippen LogP contribution in [0.5, 0.6) is 5.75 Å². The van der Waals surface area contributed by atoms with Gasteiger partial charge in [-0.25, -0.2) is 0 Å². The van der Waals surface area contributed by atoms with E-state index in [1.165, 1.54) is 0 Å². The van der Waals surface area contributed by atoms with Crippen LogP contribution in [0.4, 0.5) is 5.69 Å². The highest BCUT2D eigenvalue weighted by atomic mass is 16.5. The Morgan fingerprint density at radius 1 is 1.41 bits per heavy atom. The van der Waals surface area contributed by atoms with Gasteiger partial charge in [0.2, 0.25) is 0 Å². The molecule has 2 rings (SSSR count). The van der Waals surface area contributed by atoms with Crippen LogP contribution in [0.15, 0.2) is 29.3 Å². The Morgan fingerprint density at radius 2 is 2.18 bits per heavy atom. The molecule has 0 radical (unpaired) electrons. The van der Waals surface area contributed by atoms with Crippen molar-refractivity contribution in [3.63, 3.8) is 0 Å². The van der Waals surface area contributed by atoms with Crippen molar-refractivity contribution in [2.24, 2.45) is 16.5 Å². The van der Waals surface area contributed by atoms with Crippen molar-refractivity contribution in [3.8, 4) is 5.75 Å². The first kappa shape index (κ1) is 11.3. The number of fused-ring (bicyclic) bond motifs is 1. The number of amides is 1. The molecule has 6 nitrogen and oxygen atoms in total. The van der Waals surface area contributed by atoms with Gasteiger partial charge in [-0.1, -0.05) is 12.1 Å². The van der Waals surface area contributed by atoms with E-state index in [1.54, 1.807) is 6.07 Å². The predicted octanol–water partition coefficient (Wildman–Crippen LogP) is 0.0496. The van der Waals surface area contributed by atoms with Crippen molar-refractivity contribution < 1.29 is 9.53 Å². The average Bonchev–Trinajstić information content (AvgIpc) is 2.29. The van der Waals surface area contributed by atoms with E-state index in [1.807, 2.05) is 18.2 Å². The van der Waals surface area contributed by atoms with E-state index in [0.717, 1.165) is 0 Å². The number of rotatable bonds is 3. The minimum Gasteiger partial charge on any atom is -0.478 e. The third-order valence-corrected chi connectivity index (χ3v) is 2.39. The summed E-state index contributed by atoms with van der Waals surface area (Å²) in [6.45, 7) is 0.364. The Labute approximate surface area is 98.7 Å². The highest BCUT2D eigenvalue weighted by Gasteiger charge is 2.26. The number of nitrogens with two attached hydrogens (primary N) is 2. The van der Waals surface area contributed by atoms with Crippen molar-refractivity contribution in [2.75, 3.05) is 11.9 Å². The van der Waals surface area contributed by atoms with Crippen LogP contribution in [-0.4, -0.2) is 24.5 Å². The van der Waals surface area contributed by atoms with Gasteiger partial charge < -0.3 is 21.5 Å². The topological polar surface area (TPSA) is 103 Å². The molecule has 0 aliphatic carbocycles. The molecule has 6 heteroatoms. The molecule has 0 saturated carbocycles. The van der Waals surface area contributed by atoms with E-state index in [2.05, 4.69) is 10.3 Å². The SMILES string of the molecule is NC(N)=NCCC1Oc2ccccc2NC1=O. The van der Waals surface area contributed by atoms with Gasteiger partial charge in [0.15, 0.2) is 12.1 Å². The third-order valence-electron chi connectivity index (χ3n) is 2.39. The van der Waals surface area contributed by atoms with E-state index < -0.39 is 6.10 Å². The van der Waals surface area contributed by atoms with Crippen LogP contribution in [0, 0.1) is 0 Å². The summed E-state index contributed by atoms with van der Waals surface area (Å²) in [5.74, 6) is 0.512. The van der Waals surface area contributed by atoms with Crippen molar-refractivity contribution in [1.82, 2.24) is 0 Å². The zero-order valence-electron chi connectivity index (χ0n) is 9.22. The lowest BCUT2D eigenvalue weighted by atomic mass is 10.1. The van der Waals surface area contributed by atoms with Crippen LogP contribution in [0.25, 0.3) is 0 Å². The van der Waals surface area contributed by atoms with E-state index in [4.69, 9.17) is 16.2 Å². The number of para-hydroxylation sites is 2. The second-order valence-corrected chi connectivity index (χ2v) is 3.69. The van der Waals surface area contributed by atoms with Crippen LogP contribution in [0.1, 0.15) is 6.42 Å². The normalized spacial score (nSPS) is 17.6. The maximum Gasteiger partial charge on any atom is 0.265 e. The number of benzene rings is 1. The van der Waals surface area contributed by atoms with Gasteiger partial charge in [-0.15, -0.1) is 0 Å². The van der Waals surface area contributed by atoms with Crippen molar-refractivity contribution in [1.29, 1.82) is 0 Å². The summed E-state index contributed by atoms with van der Waals surface area (Å²) in [4.78, 5) is 15.5. The summed E-state index contributed by atoms with van der Waals surface area (Å²) < 4.78 is 5.56. The van der Waals surface area contributed by atoms with Crippen LogP contribution in [0.2, 0.25) is 0 Å². The molecule has 1 aromatic carbocycles. The predicted molar refractivity (Wildman–Crippen MR) is 64.8 cm³/mol. The number of nitrogens with zero attached hydrogens (tertiary/aromatic N) is 1. The average molecular weight is 234 g/mol. The Kier molecular flexibility index (Phi) is 3.13. The molecule has 1 aromatic rings. The molecule has 0 spiro atoms. The van der Waals surface area contributed by atoms with Crippen LogP contribution in [-0.2, 0) is 4.79 Å². The summed E-state index contributed by atoms with van der Waals surface area (Å²) >= 11 is 0. The van der Waals surface area contributed by atoms with E-state index in [9.17, 15) is 4.79 Å². The molecule has 0 saturated heterocycles. The molecule has 0 fully saturated rings. The highest BCUT2D eigenvalue weighted by Crippen LogP contribution is 2.29. The molecule has 0 bridgehead atoms. The Hall–Kier alpha value is -2.24. The largest absolute Gasteiger partial charge is 0.478 e. The zero-order valence-corrected chi connectivity index (χ0v) is 9.22. The number of nitrogens with one attached hydrogen (secondary N) is 1. The quantitative estimate of drug-likeness (QED) is 0.508. The second kappa shape index (κ2) is 4.73. The van der Waals surface area contributed by atoms with Gasteiger partial charge in [0.25, 0.3) is 5.91 Å². The summed E-state index contributed by atoms with van der Waals surface area (Å²) in [5, 5.41) is 2.77. The van der Waals surface area contributed by atoms with Gasteiger partial charge >= 0.3 is 0 Å². The number of ether oxygens (including phenoxy) is 1. The fraction of sp³-hybridized carbons (Fsp3) is 0.273. The van der Waals surface area contributed by atoms with Crippen molar-refractivity contribution in [2.45, 2.75) is 12.5 Å². The number of guanidine groups is 1. The fourth-order valence-electron chi connectivity index (χ4n) is 1.59. The van der Waals surface area contributed by atoms with Gasteiger partial charge in [0, 0.05) is 13.0 Å². The Bertz CT molecular complexity index is 455. The van der Waals surface area contributed by atoms with Crippen molar-refractivity contribution >= 4 is 17.6 Å². The smallest absolute Gasteiger partial charge is 0.265 e. The van der Waals surface area contributed by atoms with E-state index in [-0.39, 0.29) is 11.9 Å². The first-order chi connectivity index (χ1) is 8.16. The minimum absolute atomic E-state index is 0.0154. The maximum atomic E-state index is 11.7. The maximum absolute atomic E-state index is 11.7. The number of carbonyl (C=O) groups excluding carboxylic acids is 1. The van der Waals surface area contributed by atoms with E-state index in [0.29, 0.717) is 24.4 Å². The molecule has 1 aliphatic rings. The molecule has 1 aliphatic heterocycles. The monoisotopic (exact) mass is 234 g/mol. The summed E-state index contributed by atoms with van der Waals surface area (Å²) in [6.07, 6.45) is -0.106. The molecular weight excluding hydrogens is 220 g/mol. The lowest BCUT2D eigenvalue weighted by molar-refractivity contribution is -0.123. The molecule has 90 valence electrons. The number of anilines is 1. The standard InChI is InChI=1S/C11H14N4O2/c12-11(13)14-6-5-9-10(16)15-7-3-1-2-4-8(7)17-9/h1-4,9H,5-6H2,(H,15,16)(H4,12,13,14). The van der Waals surface area contributed by atoms with Gasteiger partial charge in [0.05, 0.1) is 5.69 Å². The molecular formula is C11H14N4O2. The number of carbonyl (C=O) groups is 1. The summed E-state index contributed by atoms with van der Waals surface area (Å²) in [5.41, 5.74) is 11.1. The fourth-order valence-corrected chi connectivity index (χ4v) is 1.59. The van der Waals surface area contributed by atoms with Gasteiger partial charge in [-0.3, -0.25) is 9.79 Å². The van der Waals surface area contributed by atoms with E-state index >= 15 is 0 Å². The number of aliphatic imine (C=N–C) groups is 1. The van der Waals surface area contributed by atoms with Gasteiger partial charge in [-0.2, -0.15) is 0 Å². The van der Waals surface area contributed by atoms with Crippen LogP contribution >= 0.6 is 0 Å². The van der Waals surface area contributed by atoms with Gasteiger partial charge in [-0.05, 0) is 12.1 Å².